The predicted octanol–water partition coefficient (Wildman–Crippen LogP) is 0.774. The number of methoxy groups -OCH3 is 1. The van der Waals surface area contributed by atoms with E-state index in [2.05, 4.69) is 5.32 Å². The summed E-state index contributed by atoms with van der Waals surface area (Å²) in [6.07, 6.45) is 0. The van der Waals surface area contributed by atoms with Gasteiger partial charge >= 0.3 is 0 Å². The van der Waals surface area contributed by atoms with Crippen molar-refractivity contribution in [2.24, 2.45) is 5.14 Å². The Morgan fingerprint density at radius 3 is 2.60 bits per heavy atom. The minimum atomic E-state index is -3.66. The van der Waals surface area contributed by atoms with E-state index in [1.807, 2.05) is 6.92 Å². The average Bonchev–Trinajstić information content (AvgIpc) is 2.17. The van der Waals surface area contributed by atoms with Gasteiger partial charge in [0, 0.05) is 6.54 Å². The fourth-order valence-electron chi connectivity index (χ4n) is 1.19. The number of anilines is 1. The number of nitrogens with two attached hydrogens (primary N) is 1. The zero-order valence-corrected chi connectivity index (χ0v) is 9.47. The van der Waals surface area contributed by atoms with Crippen LogP contribution >= 0.6 is 0 Å². The SMILES string of the molecule is CCNc1cc(S(N)(=O)=O)ccc1OC. The molecule has 0 saturated carbocycles. The first-order valence-corrected chi connectivity index (χ1v) is 5.98. The van der Waals surface area contributed by atoms with Crippen LogP contribution in [0.4, 0.5) is 5.69 Å². The molecule has 84 valence electrons. The zero-order chi connectivity index (χ0) is 11.5. The van der Waals surface area contributed by atoms with Crippen molar-refractivity contribution in [3.63, 3.8) is 0 Å². The second kappa shape index (κ2) is 4.50. The molecule has 0 atom stereocenters. The Bertz CT molecular complexity index is 443. The Labute approximate surface area is 89.3 Å². The minimum absolute atomic E-state index is 0.0688. The van der Waals surface area contributed by atoms with Gasteiger partial charge < -0.3 is 10.1 Å². The first-order chi connectivity index (χ1) is 6.99. The third kappa shape index (κ3) is 2.84. The molecule has 0 fully saturated rings. The first kappa shape index (κ1) is 11.8. The molecule has 0 aromatic heterocycles. The van der Waals surface area contributed by atoms with Crippen molar-refractivity contribution in [3.05, 3.63) is 18.2 Å². The molecule has 0 aliphatic heterocycles. The molecule has 0 bridgehead atoms. The van der Waals surface area contributed by atoms with Gasteiger partial charge in [0.25, 0.3) is 0 Å². The van der Waals surface area contributed by atoms with Crippen LogP contribution in [0.25, 0.3) is 0 Å². The van der Waals surface area contributed by atoms with E-state index in [1.54, 1.807) is 6.07 Å². The van der Waals surface area contributed by atoms with Gasteiger partial charge in [-0.2, -0.15) is 0 Å². The number of primary sulfonamides is 1. The minimum Gasteiger partial charge on any atom is -0.495 e. The lowest BCUT2D eigenvalue weighted by molar-refractivity contribution is 0.416. The van der Waals surface area contributed by atoms with Crippen LogP contribution in [0.5, 0.6) is 5.75 Å². The lowest BCUT2D eigenvalue weighted by atomic mass is 10.3. The van der Waals surface area contributed by atoms with E-state index in [4.69, 9.17) is 9.88 Å². The number of benzene rings is 1. The molecule has 0 spiro atoms. The molecule has 0 amide bonds. The molecule has 15 heavy (non-hydrogen) atoms. The smallest absolute Gasteiger partial charge is 0.238 e. The largest absolute Gasteiger partial charge is 0.495 e. The van der Waals surface area contributed by atoms with E-state index in [0.29, 0.717) is 18.0 Å². The highest BCUT2D eigenvalue weighted by Gasteiger charge is 2.11. The van der Waals surface area contributed by atoms with Gasteiger partial charge in [-0.3, -0.25) is 0 Å². The maximum atomic E-state index is 11.1. The van der Waals surface area contributed by atoms with E-state index >= 15 is 0 Å². The van der Waals surface area contributed by atoms with Gasteiger partial charge in [0.1, 0.15) is 5.75 Å². The van der Waals surface area contributed by atoms with Crippen LogP contribution in [0.2, 0.25) is 0 Å². The predicted molar refractivity (Wildman–Crippen MR) is 58.5 cm³/mol. The second-order valence-corrected chi connectivity index (χ2v) is 4.50. The molecule has 1 aromatic rings. The van der Waals surface area contributed by atoms with Crippen LogP contribution in [0, 0.1) is 0 Å². The van der Waals surface area contributed by atoms with Gasteiger partial charge in [0.2, 0.25) is 10.0 Å². The molecule has 5 nitrogen and oxygen atoms in total. The maximum absolute atomic E-state index is 11.1. The van der Waals surface area contributed by atoms with Crippen molar-refractivity contribution in [2.45, 2.75) is 11.8 Å². The molecule has 1 aromatic carbocycles. The molecule has 0 aliphatic rings. The van der Waals surface area contributed by atoms with Gasteiger partial charge in [-0.1, -0.05) is 0 Å². The highest BCUT2D eigenvalue weighted by atomic mass is 32.2. The number of sulfonamides is 1. The Balaban J connectivity index is 3.22. The fourth-order valence-corrected chi connectivity index (χ4v) is 1.73. The molecular weight excluding hydrogens is 216 g/mol. The van der Waals surface area contributed by atoms with Gasteiger partial charge in [-0.15, -0.1) is 0 Å². The second-order valence-electron chi connectivity index (χ2n) is 2.94. The molecule has 0 aliphatic carbocycles. The lowest BCUT2D eigenvalue weighted by Crippen LogP contribution is -2.12. The topological polar surface area (TPSA) is 81.4 Å². The van der Waals surface area contributed by atoms with Crippen molar-refractivity contribution in [1.82, 2.24) is 0 Å². The van der Waals surface area contributed by atoms with Gasteiger partial charge in [0.15, 0.2) is 0 Å². The summed E-state index contributed by atoms with van der Waals surface area (Å²) >= 11 is 0. The quantitative estimate of drug-likeness (QED) is 0.800. The fraction of sp³-hybridized carbons (Fsp3) is 0.333. The summed E-state index contributed by atoms with van der Waals surface area (Å²) in [7, 11) is -2.14. The molecular formula is C9H14N2O3S. The third-order valence-corrected chi connectivity index (χ3v) is 2.78. The summed E-state index contributed by atoms with van der Waals surface area (Å²) in [6, 6.07) is 4.43. The van der Waals surface area contributed by atoms with E-state index in [1.165, 1.54) is 19.2 Å². The summed E-state index contributed by atoms with van der Waals surface area (Å²) < 4.78 is 27.3. The van der Waals surface area contributed by atoms with Crippen LogP contribution in [0.3, 0.4) is 0 Å². The van der Waals surface area contributed by atoms with Crippen LogP contribution in [0.1, 0.15) is 6.92 Å². The molecule has 0 radical (unpaired) electrons. The summed E-state index contributed by atoms with van der Waals surface area (Å²) in [6.45, 7) is 2.58. The van der Waals surface area contributed by atoms with E-state index in [9.17, 15) is 8.42 Å². The van der Waals surface area contributed by atoms with E-state index < -0.39 is 10.0 Å². The summed E-state index contributed by atoms with van der Waals surface area (Å²) in [4.78, 5) is 0.0688. The first-order valence-electron chi connectivity index (χ1n) is 4.43. The van der Waals surface area contributed by atoms with Gasteiger partial charge in [0.05, 0.1) is 17.7 Å². The summed E-state index contributed by atoms with van der Waals surface area (Å²) in [5.74, 6) is 0.587. The summed E-state index contributed by atoms with van der Waals surface area (Å²) in [5, 5.41) is 8.01. The Hall–Kier alpha value is -1.27. The van der Waals surface area contributed by atoms with Crippen molar-refractivity contribution >= 4 is 15.7 Å². The lowest BCUT2D eigenvalue weighted by Gasteiger charge is -2.10. The van der Waals surface area contributed by atoms with E-state index in [0.717, 1.165) is 0 Å². The molecule has 0 unspecified atom stereocenters. The van der Waals surface area contributed by atoms with E-state index in [-0.39, 0.29) is 4.90 Å². The average molecular weight is 230 g/mol. The monoisotopic (exact) mass is 230 g/mol. The molecule has 1 rings (SSSR count). The van der Waals surface area contributed by atoms with Crippen molar-refractivity contribution < 1.29 is 13.2 Å². The van der Waals surface area contributed by atoms with Crippen molar-refractivity contribution in [3.8, 4) is 5.75 Å². The third-order valence-electron chi connectivity index (χ3n) is 1.87. The number of nitrogens with one attached hydrogen (secondary N) is 1. The highest BCUT2D eigenvalue weighted by Crippen LogP contribution is 2.26. The molecule has 3 N–H and O–H groups in total. The van der Waals surface area contributed by atoms with Crippen LogP contribution in [0.15, 0.2) is 23.1 Å². The number of rotatable bonds is 4. The Kier molecular flexibility index (Phi) is 3.54. The molecule has 0 saturated heterocycles. The van der Waals surface area contributed by atoms with Gasteiger partial charge in [-0.05, 0) is 25.1 Å². The van der Waals surface area contributed by atoms with Crippen LogP contribution in [-0.2, 0) is 10.0 Å². The number of hydrogen-bond donors (Lipinski definition) is 2. The van der Waals surface area contributed by atoms with Gasteiger partial charge in [-0.25, -0.2) is 13.6 Å². The normalized spacial score (nSPS) is 11.1. The zero-order valence-electron chi connectivity index (χ0n) is 8.65. The number of hydrogen-bond acceptors (Lipinski definition) is 4. The number of ether oxygens (including phenoxy) is 1. The Morgan fingerprint density at radius 2 is 2.13 bits per heavy atom. The maximum Gasteiger partial charge on any atom is 0.238 e. The Morgan fingerprint density at radius 1 is 1.47 bits per heavy atom. The van der Waals surface area contributed by atoms with Crippen LogP contribution < -0.4 is 15.2 Å². The molecule has 6 heteroatoms. The molecule has 0 heterocycles. The standard InChI is InChI=1S/C9H14N2O3S/c1-3-11-8-6-7(15(10,12)13)4-5-9(8)14-2/h4-6,11H,3H2,1-2H3,(H2,10,12,13). The van der Waals surface area contributed by atoms with Crippen molar-refractivity contribution in [2.75, 3.05) is 19.0 Å². The van der Waals surface area contributed by atoms with Crippen molar-refractivity contribution in [1.29, 1.82) is 0 Å². The summed E-state index contributed by atoms with van der Waals surface area (Å²) in [5.41, 5.74) is 0.617. The van der Waals surface area contributed by atoms with Crippen LogP contribution in [-0.4, -0.2) is 22.1 Å². The highest BCUT2D eigenvalue weighted by molar-refractivity contribution is 7.89.